The Balaban J connectivity index is 1.99. The molecular formula is C16H21N3O3S. The highest BCUT2D eigenvalue weighted by atomic mass is 32.2. The van der Waals surface area contributed by atoms with Gasteiger partial charge < -0.3 is 9.72 Å². The molecule has 0 bridgehead atoms. The Bertz CT molecular complexity index is 682. The van der Waals surface area contributed by atoms with Crippen LogP contribution in [0.5, 0.6) is 0 Å². The van der Waals surface area contributed by atoms with Crippen LogP contribution in [0.15, 0.2) is 41.4 Å². The number of benzene rings is 1. The number of esters is 1. The van der Waals surface area contributed by atoms with E-state index in [1.807, 2.05) is 38.1 Å². The van der Waals surface area contributed by atoms with Crippen molar-refractivity contribution in [3.8, 4) is 0 Å². The van der Waals surface area contributed by atoms with Crippen LogP contribution in [0, 0.1) is 6.92 Å². The topological polar surface area (TPSA) is 83.2 Å². The summed E-state index contributed by atoms with van der Waals surface area (Å²) in [4.78, 5) is 17.9. The summed E-state index contributed by atoms with van der Waals surface area (Å²) in [6.45, 7) is 3.98. The zero-order valence-electron chi connectivity index (χ0n) is 13.4. The number of hydrogen-bond acceptors (Lipinski definition) is 4. The summed E-state index contributed by atoms with van der Waals surface area (Å²) in [6, 6.07) is 9.13. The summed E-state index contributed by atoms with van der Waals surface area (Å²) in [6.07, 6.45) is 2.50. The van der Waals surface area contributed by atoms with Gasteiger partial charge >= 0.3 is 5.97 Å². The highest BCUT2D eigenvalue weighted by Gasteiger charge is 2.15. The lowest BCUT2D eigenvalue weighted by Crippen LogP contribution is -2.36. The first-order valence-corrected chi connectivity index (χ1v) is 8.46. The number of ether oxygens (including phenoxy) is 1. The van der Waals surface area contributed by atoms with Gasteiger partial charge in [0, 0.05) is 12.2 Å². The zero-order valence-corrected chi connectivity index (χ0v) is 14.2. The largest absolute Gasteiger partial charge is 0.464 e. The van der Waals surface area contributed by atoms with Gasteiger partial charge in [-0.1, -0.05) is 24.6 Å². The van der Waals surface area contributed by atoms with Crippen molar-refractivity contribution in [2.45, 2.75) is 31.2 Å². The number of aromatic amines is 1. The van der Waals surface area contributed by atoms with Gasteiger partial charge in [0.25, 0.3) is 0 Å². The number of carbonyl (C=O) groups excluding carboxylic acids is 1. The molecule has 0 aliphatic carbocycles. The molecule has 124 valence electrons. The van der Waals surface area contributed by atoms with Crippen molar-refractivity contribution in [1.82, 2.24) is 15.2 Å². The van der Waals surface area contributed by atoms with E-state index in [0.29, 0.717) is 10.6 Å². The third-order valence-electron chi connectivity index (χ3n) is 3.48. The van der Waals surface area contributed by atoms with E-state index < -0.39 is 17.0 Å². The van der Waals surface area contributed by atoms with Gasteiger partial charge in [0.2, 0.25) is 0 Å². The normalized spacial score (nSPS) is 13.5. The maximum absolute atomic E-state index is 12.2. The number of rotatable bonds is 7. The maximum Gasteiger partial charge on any atom is 0.354 e. The molecule has 6 nitrogen and oxygen atoms in total. The molecule has 3 N–H and O–H groups in total. The van der Waals surface area contributed by atoms with Crippen LogP contribution in [0.2, 0.25) is 0 Å². The molecule has 2 unspecified atom stereocenters. The molecule has 1 aromatic carbocycles. The summed E-state index contributed by atoms with van der Waals surface area (Å²) < 4.78 is 16.9. The van der Waals surface area contributed by atoms with E-state index in [4.69, 9.17) is 0 Å². The number of aromatic nitrogens is 1. The molecule has 0 radical (unpaired) electrons. The first-order chi connectivity index (χ1) is 11.0. The van der Waals surface area contributed by atoms with E-state index in [9.17, 15) is 9.00 Å². The predicted molar refractivity (Wildman–Crippen MR) is 89.0 cm³/mol. The van der Waals surface area contributed by atoms with Gasteiger partial charge in [0.1, 0.15) is 16.7 Å². The van der Waals surface area contributed by atoms with Gasteiger partial charge in [0.05, 0.1) is 12.0 Å². The molecule has 0 saturated carbocycles. The standard InChI is InChI=1S/C16H21N3O3S/c1-4-14(12-9-15(17-10-12)16(20)22-3)18-19-23(21)13-7-5-11(2)6-8-13/h5-10,14,17-19H,4H2,1-3H3. The third-order valence-corrected chi connectivity index (χ3v) is 4.49. The fourth-order valence-electron chi connectivity index (χ4n) is 2.11. The SMILES string of the molecule is CCC(NNS(=O)c1ccc(C)cc1)c1c[nH]c(C(=O)OC)c1. The lowest BCUT2D eigenvalue weighted by atomic mass is 10.1. The van der Waals surface area contributed by atoms with Crippen LogP contribution in [-0.2, 0) is 15.7 Å². The Labute approximate surface area is 138 Å². The van der Waals surface area contributed by atoms with Crippen molar-refractivity contribution in [3.05, 3.63) is 53.3 Å². The van der Waals surface area contributed by atoms with Crippen LogP contribution in [-0.4, -0.2) is 22.3 Å². The van der Waals surface area contributed by atoms with Crippen LogP contribution < -0.4 is 10.3 Å². The molecule has 0 spiro atoms. The molecule has 2 aromatic rings. The molecule has 1 heterocycles. The maximum atomic E-state index is 12.2. The Morgan fingerprint density at radius 3 is 2.65 bits per heavy atom. The van der Waals surface area contributed by atoms with E-state index >= 15 is 0 Å². The molecule has 23 heavy (non-hydrogen) atoms. The lowest BCUT2D eigenvalue weighted by molar-refractivity contribution is 0.0595. The van der Waals surface area contributed by atoms with E-state index in [1.54, 1.807) is 12.3 Å². The van der Waals surface area contributed by atoms with Gasteiger partial charge in [0.15, 0.2) is 0 Å². The van der Waals surface area contributed by atoms with Crippen molar-refractivity contribution in [2.24, 2.45) is 0 Å². The summed E-state index contributed by atoms with van der Waals surface area (Å²) in [5.74, 6) is -0.415. The summed E-state index contributed by atoms with van der Waals surface area (Å²) >= 11 is 0. The molecule has 2 atom stereocenters. The molecule has 1 aromatic heterocycles. The van der Waals surface area contributed by atoms with E-state index in [-0.39, 0.29) is 6.04 Å². The first kappa shape index (κ1) is 17.4. The number of nitrogens with one attached hydrogen (secondary N) is 3. The molecule has 2 rings (SSSR count). The molecule has 0 aliphatic heterocycles. The lowest BCUT2D eigenvalue weighted by Gasteiger charge is -2.16. The Hall–Kier alpha value is -1.96. The summed E-state index contributed by atoms with van der Waals surface area (Å²) in [5.41, 5.74) is 5.45. The summed E-state index contributed by atoms with van der Waals surface area (Å²) in [7, 11) is -0.0162. The molecule has 7 heteroatoms. The van der Waals surface area contributed by atoms with Gasteiger partial charge in [-0.2, -0.15) is 4.83 Å². The second kappa shape index (κ2) is 8.05. The van der Waals surface area contributed by atoms with Crippen LogP contribution in [0.25, 0.3) is 0 Å². The number of H-pyrrole nitrogens is 1. The van der Waals surface area contributed by atoms with E-state index in [2.05, 4.69) is 20.0 Å². The van der Waals surface area contributed by atoms with Crippen molar-refractivity contribution in [3.63, 3.8) is 0 Å². The quantitative estimate of drug-likeness (QED) is 0.536. The smallest absolute Gasteiger partial charge is 0.354 e. The average Bonchev–Trinajstić information content (AvgIpc) is 3.05. The number of hydrazine groups is 1. The number of methoxy groups -OCH3 is 1. The third kappa shape index (κ3) is 4.51. The molecule has 0 amide bonds. The van der Waals surface area contributed by atoms with E-state index in [0.717, 1.165) is 17.5 Å². The molecule has 0 fully saturated rings. The van der Waals surface area contributed by atoms with Crippen LogP contribution in [0.1, 0.15) is 41.0 Å². The second-order valence-corrected chi connectivity index (χ2v) is 6.34. The fraction of sp³-hybridized carbons (Fsp3) is 0.312. The summed E-state index contributed by atoms with van der Waals surface area (Å²) in [5, 5.41) is 0. The molecule has 0 aliphatic rings. The van der Waals surface area contributed by atoms with Crippen LogP contribution >= 0.6 is 0 Å². The minimum absolute atomic E-state index is 0.0842. The zero-order chi connectivity index (χ0) is 16.8. The number of hydrogen-bond donors (Lipinski definition) is 3. The Morgan fingerprint density at radius 2 is 2.04 bits per heavy atom. The number of aryl methyl sites for hydroxylation is 1. The highest BCUT2D eigenvalue weighted by molar-refractivity contribution is 7.83. The van der Waals surface area contributed by atoms with E-state index in [1.165, 1.54) is 7.11 Å². The van der Waals surface area contributed by atoms with Crippen molar-refractivity contribution >= 4 is 17.0 Å². The van der Waals surface area contributed by atoms with Gasteiger partial charge in [-0.25, -0.2) is 14.4 Å². The van der Waals surface area contributed by atoms with Gasteiger partial charge in [-0.05, 0) is 37.1 Å². The second-order valence-electron chi connectivity index (χ2n) is 5.13. The molecular weight excluding hydrogens is 314 g/mol. The van der Waals surface area contributed by atoms with Crippen molar-refractivity contribution in [1.29, 1.82) is 0 Å². The minimum Gasteiger partial charge on any atom is -0.464 e. The number of carbonyl (C=O) groups is 1. The Kier molecular flexibility index (Phi) is 6.09. The van der Waals surface area contributed by atoms with Crippen molar-refractivity contribution < 1.29 is 13.7 Å². The molecule has 0 saturated heterocycles. The monoisotopic (exact) mass is 335 g/mol. The minimum atomic E-state index is -1.35. The fourth-order valence-corrected chi connectivity index (χ4v) is 2.86. The Morgan fingerprint density at radius 1 is 1.35 bits per heavy atom. The van der Waals surface area contributed by atoms with Crippen LogP contribution in [0.4, 0.5) is 0 Å². The highest BCUT2D eigenvalue weighted by Crippen LogP contribution is 2.17. The average molecular weight is 335 g/mol. The first-order valence-electron chi connectivity index (χ1n) is 7.31. The van der Waals surface area contributed by atoms with Crippen molar-refractivity contribution in [2.75, 3.05) is 7.11 Å². The van der Waals surface area contributed by atoms with Crippen LogP contribution in [0.3, 0.4) is 0 Å². The van der Waals surface area contributed by atoms with Gasteiger partial charge in [-0.3, -0.25) is 0 Å². The van der Waals surface area contributed by atoms with Gasteiger partial charge in [-0.15, -0.1) is 0 Å². The predicted octanol–water partition coefficient (Wildman–Crippen LogP) is 2.38.